The quantitative estimate of drug-likeness (QED) is 0.0392. The summed E-state index contributed by atoms with van der Waals surface area (Å²) in [6.45, 7) is 15.3. The number of aldehydes is 1. The van der Waals surface area contributed by atoms with Gasteiger partial charge in [0.05, 0.1) is 105 Å². The average Bonchev–Trinajstić information content (AvgIpc) is 3.20. The lowest BCUT2D eigenvalue weighted by Gasteiger charge is -2.32. The molecule has 20 nitrogen and oxygen atoms in total. The van der Waals surface area contributed by atoms with Gasteiger partial charge in [-0.3, -0.25) is 38.8 Å². The average molecular weight is 841 g/mol. The third-order valence-corrected chi connectivity index (χ3v) is 8.10. The lowest BCUT2D eigenvalue weighted by Crippen LogP contribution is -2.49. The number of rotatable bonds is 32. The zero-order valence-corrected chi connectivity index (χ0v) is 35.7. The molecule has 58 heavy (non-hydrogen) atoms. The molecule has 0 aliphatic carbocycles. The molecule has 0 aromatic rings. The van der Waals surface area contributed by atoms with Crippen molar-refractivity contribution in [1.82, 2.24) is 30.2 Å². The number of carbonyl (C=O) groups is 5. The molecule has 0 aromatic heterocycles. The molecule has 5 N–H and O–H groups in total. The number of ether oxygens (including phenoxy) is 6. The maximum absolute atomic E-state index is 12.7. The van der Waals surface area contributed by atoms with Gasteiger partial charge in [0, 0.05) is 79.0 Å². The van der Waals surface area contributed by atoms with Crippen molar-refractivity contribution in [2.24, 2.45) is 0 Å². The molecular weight excluding hydrogens is 764 g/mol. The Kier molecular flexibility index (Phi) is 43.1. The molecule has 0 atom stereocenters. The molecule has 0 bridgehead atoms. The molecule has 0 aromatic carbocycles. The highest BCUT2D eigenvalue weighted by Crippen LogP contribution is 2.01. The van der Waals surface area contributed by atoms with E-state index in [1.165, 1.54) is 0 Å². The zero-order chi connectivity index (χ0) is 43.5. The van der Waals surface area contributed by atoms with Gasteiger partial charge in [-0.05, 0) is 6.42 Å². The van der Waals surface area contributed by atoms with Crippen LogP contribution in [-0.4, -0.2) is 243 Å². The fourth-order valence-corrected chi connectivity index (χ4v) is 5.10. The Labute approximate surface area is 345 Å². The number of nitrogens with zero attached hydrogens (tertiary/aromatic N) is 4. The predicted octanol–water partition coefficient (Wildman–Crippen LogP) is -1.27. The number of aliphatic hydroxyl groups excluding tert-OH is 1. The molecule has 1 aliphatic rings. The van der Waals surface area contributed by atoms with E-state index in [2.05, 4.69) is 17.6 Å². The van der Waals surface area contributed by atoms with Crippen molar-refractivity contribution < 1.29 is 67.7 Å². The number of aliphatic carboxylic acids is 2. The highest BCUT2D eigenvalue weighted by Gasteiger charge is 2.20. The number of nitrogens with one attached hydrogen (secondary N) is 2. The van der Waals surface area contributed by atoms with E-state index in [4.69, 9.17) is 33.5 Å². The highest BCUT2D eigenvalue weighted by atomic mass is 16.6. The van der Waals surface area contributed by atoms with Crippen LogP contribution in [0, 0.1) is 0 Å². The van der Waals surface area contributed by atoms with Crippen molar-refractivity contribution >= 4 is 30.0 Å². The second kappa shape index (κ2) is 43.7. The van der Waals surface area contributed by atoms with E-state index in [-0.39, 0.29) is 38.0 Å². The first-order valence-corrected chi connectivity index (χ1v) is 20.4. The molecule has 0 radical (unpaired) electrons. The molecule has 0 unspecified atom stereocenters. The standard InChI is InChI=1S/C35H66N6O13.C2H6.CH4O/c1-2-3-5-36-32(43)4-17-49-19-21-51-23-25-53-27-28-54-26-24-52-22-20-50-18-6-37-33(44)29-39-9-7-38(15-16-42)8-10-40(30-34(45)46)13-14-41(12-11-39)31-35(47)48;2*1-2/h16H,2-15,17-31H2,1H3,(H,36,43)(H,37,44)(H,45,46)(H,47,48);1-2H3;2H,1H3. The molecule has 1 fully saturated rings. The summed E-state index contributed by atoms with van der Waals surface area (Å²) in [6, 6.07) is 0. The van der Waals surface area contributed by atoms with E-state index in [0.29, 0.717) is 151 Å². The minimum absolute atomic E-state index is 0.00559. The van der Waals surface area contributed by atoms with Gasteiger partial charge in [0.2, 0.25) is 11.8 Å². The third-order valence-electron chi connectivity index (χ3n) is 8.10. The summed E-state index contributed by atoms with van der Waals surface area (Å²) in [7, 11) is 1.00. The van der Waals surface area contributed by atoms with Gasteiger partial charge in [-0.25, -0.2) is 0 Å². The minimum Gasteiger partial charge on any atom is -0.480 e. The lowest BCUT2D eigenvalue weighted by molar-refractivity contribution is -0.140. The molecule has 0 saturated carbocycles. The van der Waals surface area contributed by atoms with Gasteiger partial charge in [0.25, 0.3) is 0 Å². The van der Waals surface area contributed by atoms with Crippen LogP contribution in [0.25, 0.3) is 0 Å². The number of unbranched alkanes of at least 4 members (excludes halogenated alkanes) is 1. The Morgan fingerprint density at radius 2 is 0.862 bits per heavy atom. The summed E-state index contributed by atoms with van der Waals surface area (Å²) >= 11 is 0. The van der Waals surface area contributed by atoms with Gasteiger partial charge < -0.3 is 59.2 Å². The smallest absolute Gasteiger partial charge is 0.317 e. The van der Waals surface area contributed by atoms with Crippen LogP contribution in [0.3, 0.4) is 0 Å². The SMILES string of the molecule is CC.CCCCNC(=O)CCOCCOCCOCCOCCOCCOCCNC(=O)CN1CCN(CC=O)CCN(CC(=O)O)CCN(CC(=O)O)CC1.CO. The first-order valence-electron chi connectivity index (χ1n) is 20.4. The number of carboxylic acid groups (broad SMARTS) is 2. The Bertz CT molecular complexity index is 1000. The van der Waals surface area contributed by atoms with Crippen molar-refractivity contribution in [3.05, 3.63) is 0 Å². The number of carboxylic acids is 2. The topological polar surface area (TPSA) is 238 Å². The van der Waals surface area contributed by atoms with Crippen LogP contribution in [0.1, 0.15) is 40.0 Å². The molecule has 2 amide bonds. The fourth-order valence-electron chi connectivity index (χ4n) is 5.10. The highest BCUT2D eigenvalue weighted by molar-refractivity contribution is 5.78. The second-order valence-electron chi connectivity index (χ2n) is 12.6. The minimum atomic E-state index is -0.983. The van der Waals surface area contributed by atoms with E-state index < -0.39 is 11.9 Å². The van der Waals surface area contributed by atoms with Gasteiger partial charge in [-0.1, -0.05) is 27.2 Å². The first-order chi connectivity index (χ1) is 28.2. The molecule has 1 heterocycles. The Hall–Kier alpha value is -2.89. The summed E-state index contributed by atoms with van der Waals surface area (Å²) in [5.41, 5.74) is 0. The van der Waals surface area contributed by atoms with Crippen molar-refractivity contribution in [2.45, 2.75) is 40.0 Å². The van der Waals surface area contributed by atoms with E-state index in [0.717, 1.165) is 26.2 Å². The number of amides is 2. The van der Waals surface area contributed by atoms with Gasteiger partial charge in [-0.2, -0.15) is 0 Å². The summed E-state index contributed by atoms with van der Waals surface area (Å²) in [6.07, 6.45) is 3.18. The number of aliphatic hydroxyl groups is 1. The molecule has 1 saturated heterocycles. The van der Waals surface area contributed by atoms with E-state index in [1.807, 2.05) is 23.6 Å². The Morgan fingerprint density at radius 3 is 1.24 bits per heavy atom. The molecule has 1 aliphatic heterocycles. The van der Waals surface area contributed by atoms with Crippen LogP contribution < -0.4 is 10.6 Å². The van der Waals surface area contributed by atoms with Crippen molar-refractivity contribution in [1.29, 1.82) is 0 Å². The number of carbonyl (C=O) groups excluding carboxylic acids is 3. The largest absolute Gasteiger partial charge is 0.480 e. The monoisotopic (exact) mass is 841 g/mol. The summed E-state index contributed by atoms with van der Waals surface area (Å²) < 4.78 is 32.8. The van der Waals surface area contributed by atoms with Crippen molar-refractivity contribution in [3.63, 3.8) is 0 Å². The summed E-state index contributed by atoms with van der Waals surface area (Å²) in [5.74, 6) is -2.15. The maximum atomic E-state index is 12.7. The van der Waals surface area contributed by atoms with Crippen LogP contribution >= 0.6 is 0 Å². The molecule has 0 spiro atoms. The van der Waals surface area contributed by atoms with Crippen LogP contribution in [0.2, 0.25) is 0 Å². The van der Waals surface area contributed by atoms with Crippen LogP contribution in [-0.2, 0) is 52.4 Å². The van der Waals surface area contributed by atoms with Crippen LogP contribution in [0.15, 0.2) is 0 Å². The predicted molar refractivity (Wildman–Crippen MR) is 217 cm³/mol. The third kappa shape index (κ3) is 38.6. The van der Waals surface area contributed by atoms with Gasteiger partial charge in [0.15, 0.2) is 0 Å². The second-order valence-corrected chi connectivity index (χ2v) is 12.6. The summed E-state index contributed by atoms with van der Waals surface area (Å²) in [5, 5.41) is 31.4. The fraction of sp³-hybridized carbons (Fsp3) is 0.868. The molecule has 1 rings (SSSR count). The Morgan fingerprint density at radius 1 is 0.517 bits per heavy atom. The van der Waals surface area contributed by atoms with Crippen LogP contribution in [0.4, 0.5) is 0 Å². The maximum Gasteiger partial charge on any atom is 0.317 e. The molecule has 20 heteroatoms. The van der Waals surface area contributed by atoms with E-state index in [9.17, 15) is 34.2 Å². The number of hydrogen-bond donors (Lipinski definition) is 5. The van der Waals surface area contributed by atoms with E-state index in [1.54, 1.807) is 9.80 Å². The Balaban J connectivity index is 0. The number of hydrogen-bond acceptors (Lipinski definition) is 16. The zero-order valence-electron chi connectivity index (χ0n) is 35.7. The first kappa shape index (κ1) is 57.2. The van der Waals surface area contributed by atoms with Crippen LogP contribution in [0.5, 0.6) is 0 Å². The van der Waals surface area contributed by atoms with Gasteiger partial charge in [-0.15, -0.1) is 0 Å². The van der Waals surface area contributed by atoms with Gasteiger partial charge in [0.1, 0.15) is 6.29 Å². The molecule has 342 valence electrons. The van der Waals surface area contributed by atoms with Crippen molar-refractivity contribution in [3.8, 4) is 0 Å². The van der Waals surface area contributed by atoms with Gasteiger partial charge >= 0.3 is 11.9 Å². The summed E-state index contributed by atoms with van der Waals surface area (Å²) in [4.78, 5) is 65.7. The lowest BCUT2D eigenvalue weighted by atomic mass is 10.3. The molecular formula is C38H76N6O14. The normalized spacial score (nSPS) is 14.8. The van der Waals surface area contributed by atoms with E-state index >= 15 is 0 Å². The van der Waals surface area contributed by atoms with Crippen molar-refractivity contribution in [2.75, 3.05) is 178 Å².